The fourth-order valence-corrected chi connectivity index (χ4v) is 7.34. The molecule has 0 aromatic heterocycles. The van der Waals surface area contributed by atoms with Crippen LogP contribution in [0.1, 0.15) is 63.5 Å². The van der Waals surface area contributed by atoms with E-state index in [1.165, 1.54) is 12.1 Å². The van der Waals surface area contributed by atoms with Crippen LogP contribution in [0.2, 0.25) is 10.0 Å². The van der Waals surface area contributed by atoms with Crippen molar-refractivity contribution in [1.29, 1.82) is 0 Å². The topological polar surface area (TPSA) is 111 Å². The highest BCUT2D eigenvalue weighted by molar-refractivity contribution is 6.31. The number of carbonyl (C=O) groups excluding carboxylic acids is 2. The molecular weight excluding hydrogens is 556 g/mol. The lowest BCUT2D eigenvalue weighted by Crippen LogP contribution is -2.49. The molecule has 0 radical (unpaired) electrons. The predicted octanol–water partition coefficient (Wildman–Crippen LogP) is 4.52. The van der Waals surface area contributed by atoms with Gasteiger partial charge in [0.1, 0.15) is 11.2 Å². The molecule has 2 aromatic rings. The van der Waals surface area contributed by atoms with Gasteiger partial charge in [-0.2, -0.15) is 0 Å². The SMILES string of the molecule is CC(C)(C)C[C@H]1N[C@@H](C(=O)NCCC2C[C@@H](O)[C@H](O)C2)[C@H](c2cccc(Cl)c2)[C@@]12C(=O)Nc1cc(Cl)c(F)cc12. The molecule has 1 saturated heterocycles. The zero-order valence-corrected chi connectivity index (χ0v) is 24.3. The first kappa shape index (κ1) is 29.3. The van der Waals surface area contributed by atoms with Crippen LogP contribution < -0.4 is 16.0 Å². The van der Waals surface area contributed by atoms with Crippen molar-refractivity contribution in [1.82, 2.24) is 10.6 Å². The van der Waals surface area contributed by atoms with Crippen molar-refractivity contribution in [3.63, 3.8) is 0 Å². The van der Waals surface area contributed by atoms with Crippen LogP contribution in [-0.2, 0) is 15.0 Å². The Morgan fingerprint density at radius 3 is 2.50 bits per heavy atom. The zero-order chi connectivity index (χ0) is 29.0. The third-order valence-electron chi connectivity index (χ3n) is 8.64. The maximum absolute atomic E-state index is 15.0. The van der Waals surface area contributed by atoms with Crippen LogP contribution in [-0.4, -0.2) is 52.9 Å². The fourth-order valence-electron chi connectivity index (χ4n) is 6.97. The molecule has 2 heterocycles. The zero-order valence-electron chi connectivity index (χ0n) is 22.8. The lowest BCUT2D eigenvalue weighted by Gasteiger charge is -2.37. The van der Waals surface area contributed by atoms with Gasteiger partial charge in [0.2, 0.25) is 11.8 Å². The number of hydrogen-bond donors (Lipinski definition) is 5. The van der Waals surface area contributed by atoms with Gasteiger partial charge in [0.25, 0.3) is 0 Å². The first-order valence-corrected chi connectivity index (χ1v) is 14.5. The third kappa shape index (κ3) is 5.25. The number of amides is 2. The van der Waals surface area contributed by atoms with E-state index in [0.29, 0.717) is 54.1 Å². The molecule has 2 aromatic carbocycles. The van der Waals surface area contributed by atoms with Gasteiger partial charge < -0.3 is 26.2 Å². The Labute approximate surface area is 243 Å². The van der Waals surface area contributed by atoms with Gasteiger partial charge in [-0.15, -0.1) is 0 Å². The Morgan fingerprint density at radius 2 is 1.85 bits per heavy atom. The third-order valence-corrected chi connectivity index (χ3v) is 9.16. The smallest absolute Gasteiger partial charge is 0.237 e. The molecule has 6 atom stereocenters. The number of benzene rings is 2. The number of aliphatic hydroxyl groups excluding tert-OH is 2. The molecule has 216 valence electrons. The molecule has 1 saturated carbocycles. The molecule has 1 spiro atoms. The number of halogens is 3. The molecule has 0 unspecified atom stereocenters. The average molecular weight is 593 g/mol. The molecule has 2 fully saturated rings. The van der Waals surface area contributed by atoms with Gasteiger partial charge in [0.05, 0.1) is 23.3 Å². The van der Waals surface area contributed by atoms with Crippen molar-refractivity contribution in [2.75, 3.05) is 11.9 Å². The maximum atomic E-state index is 15.0. The van der Waals surface area contributed by atoms with E-state index >= 15 is 0 Å². The van der Waals surface area contributed by atoms with Crippen LogP contribution in [0, 0.1) is 17.2 Å². The lowest BCUT2D eigenvalue weighted by atomic mass is 9.62. The van der Waals surface area contributed by atoms with E-state index in [0.717, 1.165) is 0 Å². The van der Waals surface area contributed by atoms with E-state index in [1.807, 2.05) is 6.07 Å². The number of rotatable bonds is 6. The average Bonchev–Trinajstić information content (AvgIpc) is 3.46. The highest BCUT2D eigenvalue weighted by Crippen LogP contribution is 2.57. The molecule has 0 bridgehead atoms. The second-order valence-electron chi connectivity index (χ2n) is 12.7. The van der Waals surface area contributed by atoms with Crippen molar-refractivity contribution in [2.24, 2.45) is 11.3 Å². The van der Waals surface area contributed by atoms with Crippen molar-refractivity contribution in [3.05, 3.63) is 63.4 Å². The molecule has 2 amide bonds. The van der Waals surface area contributed by atoms with Crippen LogP contribution in [0.25, 0.3) is 0 Å². The summed E-state index contributed by atoms with van der Waals surface area (Å²) >= 11 is 12.5. The fraction of sp³-hybridized carbons (Fsp3) is 0.533. The Bertz CT molecular complexity index is 1310. The monoisotopic (exact) mass is 591 g/mol. The second-order valence-corrected chi connectivity index (χ2v) is 13.5. The maximum Gasteiger partial charge on any atom is 0.237 e. The minimum atomic E-state index is -1.31. The number of fused-ring (bicyclic) bond motifs is 2. The minimum Gasteiger partial charge on any atom is -0.390 e. The van der Waals surface area contributed by atoms with E-state index < -0.39 is 41.4 Å². The number of anilines is 1. The van der Waals surface area contributed by atoms with Gasteiger partial charge in [-0.25, -0.2) is 4.39 Å². The quantitative estimate of drug-likeness (QED) is 0.339. The number of nitrogens with one attached hydrogen (secondary N) is 3. The largest absolute Gasteiger partial charge is 0.390 e. The second kappa shape index (κ2) is 10.9. The molecule has 1 aliphatic carbocycles. The predicted molar refractivity (Wildman–Crippen MR) is 153 cm³/mol. The van der Waals surface area contributed by atoms with Gasteiger partial charge in [0, 0.05) is 29.2 Å². The van der Waals surface area contributed by atoms with Crippen LogP contribution in [0.5, 0.6) is 0 Å². The first-order chi connectivity index (χ1) is 18.8. The molecule has 3 aliphatic rings. The van der Waals surface area contributed by atoms with Crippen molar-refractivity contribution >= 4 is 40.7 Å². The number of aliphatic hydroxyl groups is 2. The van der Waals surface area contributed by atoms with Crippen LogP contribution in [0.3, 0.4) is 0 Å². The van der Waals surface area contributed by atoms with Crippen molar-refractivity contribution in [2.45, 2.75) is 82.1 Å². The Morgan fingerprint density at radius 1 is 1.15 bits per heavy atom. The van der Waals surface area contributed by atoms with E-state index in [-0.39, 0.29) is 28.2 Å². The summed E-state index contributed by atoms with van der Waals surface area (Å²) in [5.74, 6) is -1.83. The van der Waals surface area contributed by atoms with Crippen molar-refractivity contribution < 1.29 is 24.2 Å². The molecule has 40 heavy (non-hydrogen) atoms. The molecule has 5 N–H and O–H groups in total. The van der Waals surface area contributed by atoms with Crippen LogP contribution in [0.4, 0.5) is 10.1 Å². The Hall–Kier alpha value is -2.23. The first-order valence-electron chi connectivity index (χ1n) is 13.8. The normalized spacial score (nSPS) is 30.1. The number of carbonyl (C=O) groups is 2. The summed E-state index contributed by atoms with van der Waals surface area (Å²) in [7, 11) is 0. The summed E-state index contributed by atoms with van der Waals surface area (Å²) in [5.41, 5.74) is 0.0591. The van der Waals surface area contributed by atoms with Gasteiger partial charge >= 0.3 is 0 Å². The van der Waals surface area contributed by atoms with Gasteiger partial charge in [-0.3, -0.25) is 9.59 Å². The van der Waals surface area contributed by atoms with Crippen LogP contribution >= 0.6 is 23.2 Å². The summed E-state index contributed by atoms with van der Waals surface area (Å²) in [6.07, 6.45) is 0.646. The van der Waals surface area contributed by atoms with E-state index in [2.05, 4.69) is 36.7 Å². The van der Waals surface area contributed by atoms with E-state index in [9.17, 15) is 24.2 Å². The molecular formula is C30H36Cl2FN3O4. The van der Waals surface area contributed by atoms with E-state index in [4.69, 9.17) is 23.2 Å². The summed E-state index contributed by atoms with van der Waals surface area (Å²) in [6.45, 7) is 6.54. The number of hydrogen-bond acceptors (Lipinski definition) is 5. The molecule has 10 heteroatoms. The Balaban J connectivity index is 1.56. The van der Waals surface area contributed by atoms with Crippen molar-refractivity contribution in [3.8, 4) is 0 Å². The summed E-state index contributed by atoms with van der Waals surface area (Å²) in [5, 5.41) is 29.6. The molecule has 5 rings (SSSR count). The summed E-state index contributed by atoms with van der Waals surface area (Å²) < 4.78 is 15.0. The standard InChI is InChI=1S/C30H36Cl2FN3O4/c1-29(2,3)14-24-30(18-12-20(33)19(32)13-21(18)35-28(30)40)25(16-5-4-6-17(31)11-16)26(36-24)27(39)34-8-7-15-9-22(37)23(38)10-15/h4-6,11-13,15,22-26,36-38H,7-10,14H2,1-3H3,(H,34,39)(H,35,40)/t22-,23-,24-,25+,26-,30+/m1/s1. The van der Waals surface area contributed by atoms with Gasteiger partial charge in [0.15, 0.2) is 0 Å². The van der Waals surface area contributed by atoms with Crippen LogP contribution in [0.15, 0.2) is 36.4 Å². The van der Waals surface area contributed by atoms with Gasteiger partial charge in [-0.1, -0.05) is 56.1 Å². The molecule has 2 aliphatic heterocycles. The molecule has 7 nitrogen and oxygen atoms in total. The lowest BCUT2D eigenvalue weighted by molar-refractivity contribution is -0.123. The van der Waals surface area contributed by atoms with E-state index in [1.54, 1.807) is 18.2 Å². The highest BCUT2D eigenvalue weighted by atomic mass is 35.5. The summed E-state index contributed by atoms with van der Waals surface area (Å²) in [6, 6.07) is 8.54. The minimum absolute atomic E-state index is 0.0924. The highest BCUT2D eigenvalue weighted by Gasteiger charge is 2.65. The summed E-state index contributed by atoms with van der Waals surface area (Å²) in [4.78, 5) is 28.0. The van der Waals surface area contributed by atoms with Gasteiger partial charge in [-0.05, 0) is 72.4 Å². The Kier molecular flexibility index (Phi) is 7.96.